The first-order chi connectivity index (χ1) is 32.4. The van der Waals surface area contributed by atoms with Crippen molar-refractivity contribution in [2.45, 2.75) is 6.92 Å². The van der Waals surface area contributed by atoms with E-state index in [2.05, 4.69) is 21.3 Å². The summed E-state index contributed by atoms with van der Waals surface area (Å²) < 4.78 is 0. The average Bonchev–Trinajstić information content (AvgIpc) is 3.32. The van der Waals surface area contributed by atoms with Gasteiger partial charge in [0.15, 0.2) is 0 Å². The average molecular weight is 918 g/mol. The predicted molar refractivity (Wildman–Crippen MR) is 270 cm³/mol. The highest BCUT2D eigenvalue weighted by Gasteiger charge is 2.12. The van der Waals surface area contributed by atoms with E-state index in [9.17, 15) is 34.1 Å². The molecule has 7 rings (SSSR count). The van der Waals surface area contributed by atoms with Crippen molar-refractivity contribution in [3.63, 3.8) is 0 Å². The predicted octanol–water partition coefficient (Wildman–Crippen LogP) is 7.86. The number of nitrogens with one attached hydrogen (secondary N) is 4. The Bertz CT molecular complexity index is 2840. The Morgan fingerprint density at radius 1 is 0.456 bits per heavy atom. The van der Waals surface area contributed by atoms with Gasteiger partial charge >= 0.3 is 0 Å². The Balaban J connectivity index is 0.000000203. The number of non-ortho nitro benzene ring substituents is 1. The van der Waals surface area contributed by atoms with Gasteiger partial charge in [-0.1, -0.05) is 18.2 Å². The Labute approximate surface area is 392 Å². The van der Waals surface area contributed by atoms with Crippen molar-refractivity contribution in [2.24, 2.45) is 5.73 Å². The number of amides is 5. The summed E-state index contributed by atoms with van der Waals surface area (Å²) in [4.78, 5) is 69.6. The highest BCUT2D eigenvalue weighted by atomic mass is 16.6. The van der Waals surface area contributed by atoms with Gasteiger partial charge in [-0.2, -0.15) is 0 Å². The number of benzene rings is 7. The number of carbonyl (C=O) groups is 5. The van der Waals surface area contributed by atoms with Gasteiger partial charge < -0.3 is 54.8 Å². The monoisotopic (exact) mass is 917 g/mol. The summed E-state index contributed by atoms with van der Waals surface area (Å²) in [7, 11) is 3.88. The van der Waals surface area contributed by atoms with E-state index < -0.39 is 16.7 Å². The molecule has 0 heterocycles. The van der Waals surface area contributed by atoms with Crippen LogP contribution in [0.2, 0.25) is 0 Å². The van der Waals surface area contributed by atoms with Crippen LogP contribution >= 0.6 is 0 Å². The zero-order chi connectivity index (χ0) is 49.8. The van der Waals surface area contributed by atoms with Crippen molar-refractivity contribution in [1.29, 1.82) is 0 Å². The molecule has 14 N–H and O–H groups in total. The van der Waals surface area contributed by atoms with Crippen molar-refractivity contribution in [1.82, 2.24) is 0 Å². The van der Waals surface area contributed by atoms with E-state index in [4.69, 9.17) is 28.7 Å². The fourth-order valence-corrected chi connectivity index (χ4v) is 5.58. The van der Waals surface area contributed by atoms with Crippen molar-refractivity contribution in [2.75, 3.05) is 63.2 Å². The van der Waals surface area contributed by atoms with E-state index in [1.54, 1.807) is 127 Å². The third-order valence-electron chi connectivity index (χ3n) is 9.09. The lowest BCUT2D eigenvalue weighted by molar-refractivity contribution is -0.384. The van der Waals surface area contributed by atoms with Crippen LogP contribution in [0.1, 0.15) is 48.4 Å². The first-order valence-electron chi connectivity index (χ1n) is 20.4. The van der Waals surface area contributed by atoms with Crippen molar-refractivity contribution in [3.8, 4) is 0 Å². The third-order valence-corrected chi connectivity index (χ3v) is 9.09. The molecule has 0 radical (unpaired) electrons. The molecule has 18 heteroatoms. The van der Waals surface area contributed by atoms with Gasteiger partial charge in [-0.25, -0.2) is 0 Å². The molecule has 0 aliphatic rings. The zero-order valence-electron chi connectivity index (χ0n) is 37.3. The SMILES string of the molecule is CC(=O)Nc1cccc(C(=O)Nc2ccc(N)cc2)c1.CN(C)c1cccc(C(=O)Nc2ccc(N)cc2)c1.NC(=O)c1ccc(N)cc1.Nc1ccc(NC(=O)c2cccc([N+](=O)[O-])c2)cc1. The Hall–Kier alpha value is -9.71. The molecule has 7 aromatic carbocycles. The van der Waals surface area contributed by atoms with Crippen LogP contribution in [0.15, 0.2) is 170 Å². The second kappa shape index (κ2) is 25.0. The van der Waals surface area contributed by atoms with Gasteiger partial charge in [0.25, 0.3) is 23.4 Å². The maximum Gasteiger partial charge on any atom is 0.270 e. The molecule has 0 atom stereocenters. The summed E-state index contributed by atoms with van der Waals surface area (Å²) in [5.41, 5.74) is 34.8. The summed E-state index contributed by atoms with van der Waals surface area (Å²) in [6.07, 6.45) is 0. The maximum atomic E-state index is 12.1. The number of anilines is 9. The van der Waals surface area contributed by atoms with Crippen molar-refractivity contribution in [3.05, 3.63) is 202 Å². The van der Waals surface area contributed by atoms with Crippen molar-refractivity contribution < 1.29 is 28.9 Å². The Morgan fingerprint density at radius 3 is 1.21 bits per heavy atom. The van der Waals surface area contributed by atoms with E-state index in [0.29, 0.717) is 56.5 Å². The van der Waals surface area contributed by atoms with Crippen LogP contribution in [-0.2, 0) is 4.79 Å². The number of nitro benzene ring substituents is 1. The fourth-order valence-electron chi connectivity index (χ4n) is 5.58. The normalized spacial score (nSPS) is 9.81. The number of nitro groups is 1. The molecular formula is C50H51N11O7. The van der Waals surface area contributed by atoms with Crippen LogP contribution in [0, 0.1) is 10.1 Å². The molecular weight excluding hydrogens is 867 g/mol. The van der Waals surface area contributed by atoms with Crippen LogP contribution in [0.3, 0.4) is 0 Å². The molecule has 348 valence electrons. The lowest BCUT2D eigenvalue weighted by atomic mass is 10.1. The molecule has 0 aliphatic heterocycles. The highest BCUT2D eigenvalue weighted by Crippen LogP contribution is 2.19. The number of rotatable bonds is 10. The van der Waals surface area contributed by atoms with Gasteiger partial charge in [0.2, 0.25) is 11.8 Å². The number of hydrogen-bond donors (Lipinski definition) is 9. The molecule has 68 heavy (non-hydrogen) atoms. The molecule has 0 fully saturated rings. The summed E-state index contributed by atoms with van der Waals surface area (Å²) >= 11 is 0. The molecule has 0 saturated heterocycles. The number of carbonyl (C=O) groups excluding carboxylic acids is 5. The van der Waals surface area contributed by atoms with Crippen LogP contribution in [0.5, 0.6) is 0 Å². The highest BCUT2D eigenvalue weighted by molar-refractivity contribution is 6.06. The van der Waals surface area contributed by atoms with E-state index in [-0.39, 0.29) is 29.0 Å². The summed E-state index contributed by atoms with van der Waals surface area (Å²) in [6, 6.07) is 46.8. The van der Waals surface area contributed by atoms with Gasteiger partial charge in [-0.3, -0.25) is 34.1 Å². The molecule has 5 amide bonds. The number of nitrogens with zero attached hydrogens (tertiary/aromatic N) is 2. The lowest BCUT2D eigenvalue weighted by Crippen LogP contribution is -2.14. The smallest absolute Gasteiger partial charge is 0.270 e. The minimum absolute atomic E-state index is 0.120. The molecule has 0 saturated carbocycles. The summed E-state index contributed by atoms with van der Waals surface area (Å²) in [6.45, 7) is 1.42. The number of nitrogens with two attached hydrogens (primary N) is 5. The van der Waals surface area contributed by atoms with Gasteiger partial charge in [0, 0.05) is 107 Å². The second-order valence-electron chi connectivity index (χ2n) is 14.7. The Kier molecular flexibility index (Phi) is 18.7. The maximum absolute atomic E-state index is 12.1. The fraction of sp³-hybridized carbons (Fsp3) is 0.0600. The molecule has 0 unspecified atom stereocenters. The first-order valence-corrected chi connectivity index (χ1v) is 20.4. The topological polar surface area (TPSA) is 310 Å². The van der Waals surface area contributed by atoms with Crippen LogP contribution in [0.4, 0.5) is 56.9 Å². The van der Waals surface area contributed by atoms with Crippen LogP contribution in [-0.4, -0.2) is 48.6 Å². The molecule has 18 nitrogen and oxygen atoms in total. The van der Waals surface area contributed by atoms with Gasteiger partial charge in [-0.15, -0.1) is 0 Å². The van der Waals surface area contributed by atoms with Crippen molar-refractivity contribution >= 4 is 86.4 Å². The Morgan fingerprint density at radius 2 is 0.824 bits per heavy atom. The molecule has 0 aliphatic carbocycles. The number of hydrogen-bond acceptors (Lipinski definition) is 12. The lowest BCUT2D eigenvalue weighted by Gasteiger charge is -2.13. The second-order valence-corrected chi connectivity index (χ2v) is 14.7. The zero-order valence-corrected chi connectivity index (χ0v) is 37.3. The van der Waals surface area contributed by atoms with Gasteiger partial charge in [0.1, 0.15) is 0 Å². The summed E-state index contributed by atoms with van der Waals surface area (Å²) in [5, 5.41) is 21.5. The molecule has 0 aromatic heterocycles. The quantitative estimate of drug-likeness (QED) is 0.0360. The largest absolute Gasteiger partial charge is 0.399 e. The van der Waals surface area contributed by atoms with Gasteiger partial charge in [0.05, 0.1) is 4.92 Å². The standard InChI is InChI=1S/C15H15N3O2.C15H17N3O.C13H11N3O3.C7H8N2O/c1-10(19)17-14-4-2-3-11(9-14)15(20)18-13-7-5-12(16)6-8-13;1-18(2)14-5-3-4-11(10-14)15(19)17-13-8-6-12(16)7-9-13;14-10-4-6-11(7-5-10)15-13(17)9-2-1-3-12(8-9)16(18)19;8-6-3-1-5(2-4-6)7(9)10/h2-9H,16H2,1H3,(H,17,19)(H,18,20);3-10H,16H2,1-2H3,(H,17,19);1-8H,14H2,(H,15,17);1-4H,8H2,(H2,9,10). The third kappa shape index (κ3) is 17.1. The van der Waals surface area contributed by atoms with Crippen LogP contribution < -0.4 is 54.8 Å². The van der Waals surface area contributed by atoms with Crippen LogP contribution in [0.25, 0.3) is 0 Å². The molecule has 7 aromatic rings. The van der Waals surface area contributed by atoms with Gasteiger partial charge in [-0.05, 0) is 140 Å². The first kappa shape index (κ1) is 50.9. The molecule has 0 spiro atoms. The molecule has 0 bridgehead atoms. The van der Waals surface area contributed by atoms with E-state index in [1.165, 1.54) is 31.2 Å². The minimum Gasteiger partial charge on any atom is -0.399 e. The summed E-state index contributed by atoms with van der Waals surface area (Å²) in [5.74, 6) is -1.40. The minimum atomic E-state index is -0.542. The number of nitrogen functional groups attached to an aromatic ring is 4. The van der Waals surface area contributed by atoms with E-state index in [1.807, 2.05) is 37.2 Å². The van der Waals surface area contributed by atoms with E-state index in [0.717, 1.165) is 11.4 Å². The number of primary amides is 1. The van der Waals surface area contributed by atoms with E-state index >= 15 is 0 Å².